The van der Waals surface area contributed by atoms with Crippen molar-refractivity contribution in [3.05, 3.63) is 29.6 Å². The van der Waals surface area contributed by atoms with E-state index in [1.165, 1.54) is 32.0 Å². The van der Waals surface area contributed by atoms with Crippen LogP contribution < -0.4 is 10.6 Å². The monoisotopic (exact) mass is 279 g/mol. The number of nitrogens with one attached hydrogen (secondary N) is 2. The van der Waals surface area contributed by atoms with Crippen molar-refractivity contribution in [2.75, 3.05) is 38.5 Å². The molecule has 5 heteroatoms. The number of anilines is 1. The number of nitrogens with zero attached hydrogens (tertiary/aromatic N) is 1. The number of rotatable bonds is 6. The molecule has 1 aromatic rings. The van der Waals surface area contributed by atoms with Gasteiger partial charge in [-0.05, 0) is 51.0 Å². The third-order valence-corrected chi connectivity index (χ3v) is 3.64. The van der Waals surface area contributed by atoms with E-state index >= 15 is 0 Å². The summed E-state index contributed by atoms with van der Waals surface area (Å²) >= 11 is 0. The van der Waals surface area contributed by atoms with Gasteiger partial charge in [0.15, 0.2) is 0 Å². The molecule has 110 valence electrons. The third-order valence-electron chi connectivity index (χ3n) is 3.64. The number of benzene rings is 1. The maximum Gasteiger partial charge on any atom is 0.253 e. The zero-order chi connectivity index (χ0) is 14.4. The van der Waals surface area contributed by atoms with E-state index in [1.54, 1.807) is 19.2 Å². The third kappa shape index (κ3) is 3.70. The molecule has 20 heavy (non-hydrogen) atoms. The van der Waals surface area contributed by atoms with Crippen molar-refractivity contribution in [1.29, 1.82) is 0 Å². The highest BCUT2D eigenvalue weighted by atomic mass is 19.1. The predicted octanol–water partition coefficient (Wildman–Crippen LogP) is 2.08. The summed E-state index contributed by atoms with van der Waals surface area (Å²) in [5, 5.41) is 5.59. The standard InChI is InChI=1S/C15H22FN3O/c1-17-14-12(6-4-7-13(14)16)15(20)18-8-5-11-19-9-2-3-10-19/h4,6-7,17H,2-3,5,8-11H2,1H3,(H,18,20). The molecule has 1 saturated heterocycles. The number of likely N-dealkylation sites (tertiary alicyclic amines) is 1. The van der Waals surface area contributed by atoms with Gasteiger partial charge in [-0.1, -0.05) is 6.07 Å². The van der Waals surface area contributed by atoms with E-state index in [2.05, 4.69) is 15.5 Å². The van der Waals surface area contributed by atoms with Crippen LogP contribution in [0.4, 0.5) is 10.1 Å². The van der Waals surface area contributed by atoms with Crippen LogP contribution in [0.5, 0.6) is 0 Å². The molecule has 0 aromatic heterocycles. The molecule has 0 unspecified atom stereocenters. The van der Waals surface area contributed by atoms with Gasteiger partial charge in [-0.3, -0.25) is 4.79 Å². The van der Waals surface area contributed by atoms with E-state index in [4.69, 9.17) is 0 Å². The molecule has 0 atom stereocenters. The van der Waals surface area contributed by atoms with Gasteiger partial charge in [-0.25, -0.2) is 4.39 Å². The molecule has 0 saturated carbocycles. The Kier molecular flexibility index (Phi) is 5.35. The minimum absolute atomic E-state index is 0.227. The zero-order valence-electron chi connectivity index (χ0n) is 11.9. The maximum atomic E-state index is 13.6. The molecule has 0 bridgehead atoms. The highest BCUT2D eigenvalue weighted by molar-refractivity contribution is 5.99. The number of halogens is 1. The lowest BCUT2D eigenvalue weighted by Crippen LogP contribution is -2.29. The second-order valence-corrected chi connectivity index (χ2v) is 5.07. The van der Waals surface area contributed by atoms with Crippen LogP contribution in [0.25, 0.3) is 0 Å². The lowest BCUT2D eigenvalue weighted by atomic mass is 10.1. The van der Waals surface area contributed by atoms with E-state index < -0.39 is 5.82 Å². The van der Waals surface area contributed by atoms with Crippen molar-refractivity contribution in [1.82, 2.24) is 10.2 Å². The van der Waals surface area contributed by atoms with Gasteiger partial charge < -0.3 is 15.5 Å². The number of carbonyl (C=O) groups is 1. The van der Waals surface area contributed by atoms with E-state index in [9.17, 15) is 9.18 Å². The average Bonchev–Trinajstić information content (AvgIpc) is 2.96. The summed E-state index contributed by atoms with van der Waals surface area (Å²) in [7, 11) is 1.61. The molecule has 1 aromatic carbocycles. The first kappa shape index (κ1) is 14.8. The van der Waals surface area contributed by atoms with Crippen LogP contribution in [-0.2, 0) is 0 Å². The number of amides is 1. The van der Waals surface area contributed by atoms with E-state index in [0.29, 0.717) is 12.1 Å². The fourth-order valence-electron chi connectivity index (χ4n) is 2.57. The topological polar surface area (TPSA) is 44.4 Å². The smallest absolute Gasteiger partial charge is 0.253 e. The zero-order valence-corrected chi connectivity index (χ0v) is 11.9. The molecule has 0 spiro atoms. The van der Waals surface area contributed by atoms with Gasteiger partial charge in [-0.15, -0.1) is 0 Å². The molecule has 4 nitrogen and oxygen atoms in total. The van der Waals surface area contributed by atoms with E-state index in [1.807, 2.05) is 0 Å². The van der Waals surface area contributed by atoms with Crippen molar-refractivity contribution >= 4 is 11.6 Å². The lowest BCUT2D eigenvalue weighted by Gasteiger charge is -2.15. The van der Waals surface area contributed by atoms with Crippen LogP contribution in [0.3, 0.4) is 0 Å². The highest BCUT2D eigenvalue weighted by Gasteiger charge is 2.14. The van der Waals surface area contributed by atoms with Crippen molar-refractivity contribution in [2.45, 2.75) is 19.3 Å². The Bertz CT molecular complexity index is 458. The first-order valence-electron chi connectivity index (χ1n) is 7.19. The van der Waals surface area contributed by atoms with Gasteiger partial charge in [0.1, 0.15) is 5.82 Å². The number of para-hydroxylation sites is 1. The van der Waals surface area contributed by atoms with Crippen LogP contribution in [-0.4, -0.2) is 44.0 Å². The fourth-order valence-corrected chi connectivity index (χ4v) is 2.57. The average molecular weight is 279 g/mol. The normalized spacial score (nSPS) is 15.3. The summed E-state index contributed by atoms with van der Waals surface area (Å²) in [6.45, 7) is 3.97. The Hall–Kier alpha value is -1.62. The highest BCUT2D eigenvalue weighted by Crippen LogP contribution is 2.18. The van der Waals surface area contributed by atoms with E-state index in [-0.39, 0.29) is 11.6 Å². The van der Waals surface area contributed by atoms with Gasteiger partial charge in [0, 0.05) is 13.6 Å². The Morgan fingerprint density at radius 1 is 1.35 bits per heavy atom. The molecule has 1 fully saturated rings. The molecule has 2 rings (SSSR count). The van der Waals surface area contributed by atoms with Crippen molar-refractivity contribution < 1.29 is 9.18 Å². The minimum atomic E-state index is -0.405. The van der Waals surface area contributed by atoms with Gasteiger partial charge >= 0.3 is 0 Å². The summed E-state index contributed by atoms with van der Waals surface area (Å²) in [5.74, 6) is -0.632. The quantitative estimate of drug-likeness (QED) is 0.784. The maximum absolute atomic E-state index is 13.6. The minimum Gasteiger partial charge on any atom is -0.385 e. The SMILES string of the molecule is CNc1c(F)cccc1C(=O)NCCCN1CCCC1. The lowest BCUT2D eigenvalue weighted by molar-refractivity contribution is 0.0952. The molecule has 1 heterocycles. The largest absolute Gasteiger partial charge is 0.385 e. The summed E-state index contributed by atoms with van der Waals surface area (Å²) in [4.78, 5) is 14.5. The molecule has 0 radical (unpaired) electrons. The summed E-state index contributed by atoms with van der Waals surface area (Å²) in [6.07, 6.45) is 3.48. The van der Waals surface area contributed by atoms with Crippen molar-refractivity contribution in [3.63, 3.8) is 0 Å². The summed E-state index contributed by atoms with van der Waals surface area (Å²) in [5.41, 5.74) is 0.609. The molecule has 1 aliphatic rings. The molecule has 2 N–H and O–H groups in total. The molecule has 0 aliphatic carbocycles. The van der Waals surface area contributed by atoms with Crippen molar-refractivity contribution in [3.8, 4) is 0 Å². The summed E-state index contributed by atoms with van der Waals surface area (Å²) in [6, 6.07) is 4.52. The Morgan fingerprint density at radius 3 is 2.80 bits per heavy atom. The molecular weight excluding hydrogens is 257 g/mol. The summed E-state index contributed by atoms with van der Waals surface area (Å²) < 4.78 is 13.6. The number of hydrogen-bond donors (Lipinski definition) is 2. The first-order valence-corrected chi connectivity index (χ1v) is 7.19. The van der Waals surface area contributed by atoms with Crippen LogP contribution in [0, 0.1) is 5.82 Å². The Morgan fingerprint density at radius 2 is 2.10 bits per heavy atom. The van der Waals surface area contributed by atoms with Gasteiger partial charge in [0.25, 0.3) is 5.91 Å². The van der Waals surface area contributed by atoms with Crippen molar-refractivity contribution in [2.24, 2.45) is 0 Å². The van der Waals surface area contributed by atoms with E-state index in [0.717, 1.165) is 13.0 Å². The second kappa shape index (κ2) is 7.24. The van der Waals surface area contributed by atoms with Gasteiger partial charge in [0.05, 0.1) is 11.3 Å². The second-order valence-electron chi connectivity index (χ2n) is 5.07. The fraction of sp³-hybridized carbons (Fsp3) is 0.533. The van der Waals surface area contributed by atoms with Gasteiger partial charge in [0.2, 0.25) is 0 Å². The van der Waals surface area contributed by atoms with Crippen LogP contribution >= 0.6 is 0 Å². The molecule has 1 amide bonds. The number of hydrogen-bond acceptors (Lipinski definition) is 3. The van der Waals surface area contributed by atoms with Crippen LogP contribution in [0.15, 0.2) is 18.2 Å². The molecular formula is C15H22FN3O. The first-order chi connectivity index (χ1) is 9.72. The van der Waals surface area contributed by atoms with Crippen LogP contribution in [0.2, 0.25) is 0 Å². The predicted molar refractivity (Wildman–Crippen MR) is 78.6 cm³/mol. The number of carbonyl (C=O) groups excluding carboxylic acids is 1. The molecule has 1 aliphatic heterocycles. The van der Waals surface area contributed by atoms with Gasteiger partial charge in [-0.2, -0.15) is 0 Å². The Balaban J connectivity index is 1.81. The van der Waals surface area contributed by atoms with Crippen LogP contribution in [0.1, 0.15) is 29.6 Å². The Labute approximate surface area is 119 Å².